The highest BCUT2D eigenvalue weighted by Crippen LogP contribution is 2.34. The minimum absolute atomic E-state index is 0.276. The molecular weight excluding hydrogens is 285 g/mol. The zero-order valence-corrected chi connectivity index (χ0v) is 12.2. The molecular formula is C14H17F3N2S. The summed E-state index contributed by atoms with van der Waals surface area (Å²) < 4.78 is 38.7. The third kappa shape index (κ3) is 3.62. The van der Waals surface area contributed by atoms with Gasteiger partial charge in [0.25, 0.3) is 0 Å². The van der Waals surface area contributed by atoms with Crippen molar-refractivity contribution in [2.75, 3.05) is 5.32 Å². The third-order valence-electron chi connectivity index (χ3n) is 3.08. The van der Waals surface area contributed by atoms with Gasteiger partial charge in [0.1, 0.15) is 0 Å². The van der Waals surface area contributed by atoms with Gasteiger partial charge in [0.2, 0.25) is 0 Å². The molecule has 1 heterocycles. The maximum atomic E-state index is 12.6. The second kappa shape index (κ2) is 5.99. The number of halogens is 3. The first kappa shape index (κ1) is 15.1. The van der Waals surface area contributed by atoms with Crippen molar-refractivity contribution in [3.63, 3.8) is 0 Å². The van der Waals surface area contributed by atoms with E-state index in [2.05, 4.69) is 24.1 Å². The minimum atomic E-state index is -4.32. The van der Waals surface area contributed by atoms with Crippen LogP contribution in [0.4, 0.5) is 18.3 Å². The summed E-state index contributed by atoms with van der Waals surface area (Å²) in [4.78, 5) is 4.24. The molecule has 2 nitrogen and oxygen atoms in total. The predicted molar refractivity (Wildman–Crippen MR) is 77.2 cm³/mol. The van der Waals surface area contributed by atoms with Crippen LogP contribution in [0.1, 0.15) is 38.7 Å². The number of hydrogen-bond acceptors (Lipinski definition) is 3. The van der Waals surface area contributed by atoms with Gasteiger partial charge in [-0.15, -0.1) is 0 Å². The molecule has 1 aromatic carbocycles. The van der Waals surface area contributed by atoms with E-state index in [1.54, 1.807) is 0 Å². The number of hydrogen-bond donors (Lipinski definition) is 1. The fraction of sp³-hybridized carbons (Fsp3) is 0.500. The average molecular weight is 302 g/mol. The van der Waals surface area contributed by atoms with E-state index in [0.717, 1.165) is 36.1 Å². The molecule has 0 saturated heterocycles. The van der Waals surface area contributed by atoms with Gasteiger partial charge in [-0.25, -0.2) is 4.98 Å². The van der Waals surface area contributed by atoms with Crippen LogP contribution in [0.5, 0.6) is 0 Å². The Hall–Kier alpha value is -1.30. The van der Waals surface area contributed by atoms with Crippen molar-refractivity contribution in [2.45, 2.75) is 45.3 Å². The minimum Gasteiger partial charge on any atom is -0.359 e. The molecule has 2 aromatic rings. The summed E-state index contributed by atoms with van der Waals surface area (Å²) in [5.74, 6) is 0. The molecule has 0 aliphatic carbocycles. The number of fused-ring (bicyclic) bond motifs is 1. The molecule has 1 N–H and O–H groups in total. The molecule has 0 spiro atoms. The van der Waals surface area contributed by atoms with Crippen LogP contribution >= 0.6 is 11.3 Å². The molecule has 0 radical (unpaired) electrons. The van der Waals surface area contributed by atoms with Crippen LogP contribution in [0.3, 0.4) is 0 Å². The third-order valence-corrected chi connectivity index (χ3v) is 4.04. The predicted octanol–water partition coefficient (Wildman–Crippen LogP) is 5.31. The lowest BCUT2D eigenvalue weighted by Crippen LogP contribution is -2.14. The number of nitrogens with zero attached hydrogens (tertiary/aromatic N) is 1. The smallest absolute Gasteiger partial charge is 0.359 e. The van der Waals surface area contributed by atoms with Crippen LogP contribution in [-0.4, -0.2) is 11.0 Å². The zero-order valence-electron chi connectivity index (χ0n) is 11.4. The van der Waals surface area contributed by atoms with Gasteiger partial charge in [-0.3, -0.25) is 0 Å². The van der Waals surface area contributed by atoms with Crippen LogP contribution in [0.2, 0.25) is 0 Å². The largest absolute Gasteiger partial charge is 0.416 e. The number of alkyl halides is 3. The molecule has 0 amide bonds. The van der Waals surface area contributed by atoms with Gasteiger partial charge in [0.05, 0.1) is 15.8 Å². The molecule has 1 aromatic heterocycles. The first-order valence-corrected chi connectivity index (χ1v) is 7.46. The van der Waals surface area contributed by atoms with E-state index in [0.29, 0.717) is 10.6 Å². The summed E-state index contributed by atoms with van der Waals surface area (Å²) in [6.45, 7) is 4.19. The molecule has 0 fully saturated rings. The first-order valence-electron chi connectivity index (χ1n) is 6.64. The summed E-state index contributed by atoms with van der Waals surface area (Å²) >= 11 is 1.39. The van der Waals surface area contributed by atoms with Crippen molar-refractivity contribution >= 4 is 26.7 Å². The van der Waals surface area contributed by atoms with Gasteiger partial charge < -0.3 is 5.32 Å². The van der Waals surface area contributed by atoms with Crippen LogP contribution in [0, 0.1) is 0 Å². The van der Waals surface area contributed by atoms with Crippen molar-refractivity contribution in [3.05, 3.63) is 23.8 Å². The Bertz CT molecular complexity index is 577. The molecule has 0 aliphatic heterocycles. The number of anilines is 1. The monoisotopic (exact) mass is 302 g/mol. The van der Waals surface area contributed by atoms with Gasteiger partial charge in [-0.1, -0.05) is 31.1 Å². The number of nitrogens with one attached hydrogen (secondary N) is 1. The van der Waals surface area contributed by atoms with Crippen LogP contribution in [0.15, 0.2) is 18.2 Å². The number of aromatic nitrogens is 1. The summed E-state index contributed by atoms with van der Waals surface area (Å²) in [7, 11) is 0. The van der Waals surface area contributed by atoms with Crippen molar-refractivity contribution in [3.8, 4) is 0 Å². The maximum Gasteiger partial charge on any atom is 0.416 e. The second-order valence-electron chi connectivity index (χ2n) is 4.89. The summed E-state index contributed by atoms with van der Waals surface area (Å²) in [5, 5.41) is 3.93. The SMILES string of the molecule is CCCCC(C)Nc1nc2cc(C(F)(F)F)ccc2s1. The van der Waals surface area contributed by atoms with E-state index in [9.17, 15) is 13.2 Å². The van der Waals surface area contributed by atoms with E-state index in [4.69, 9.17) is 0 Å². The quantitative estimate of drug-likeness (QED) is 0.810. The van der Waals surface area contributed by atoms with E-state index in [1.165, 1.54) is 17.4 Å². The highest BCUT2D eigenvalue weighted by atomic mass is 32.1. The van der Waals surface area contributed by atoms with Gasteiger partial charge in [0.15, 0.2) is 5.13 Å². The number of thiazole rings is 1. The van der Waals surface area contributed by atoms with Crippen LogP contribution < -0.4 is 5.32 Å². The Morgan fingerprint density at radius 3 is 2.75 bits per heavy atom. The molecule has 0 aliphatic rings. The van der Waals surface area contributed by atoms with Crippen LogP contribution in [-0.2, 0) is 6.18 Å². The second-order valence-corrected chi connectivity index (χ2v) is 5.92. The average Bonchev–Trinajstić information content (AvgIpc) is 2.76. The molecule has 2 rings (SSSR count). The zero-order chi connectivity index (χ0) is 14.8. The Kier molecular flexibility index (Phi) is 4.52. The highest BCUT2D eigenvalue weighted by molar-refractivity contribution is 7.22. The Balaban J connectivity index is 2.17. The Morgan fingerprint density at radius 1 is 1.35 bits per heavy atom. The highest BCUT2D eigenvalue weighted by Gasteiger charge is 2.30. The molecule has 0 bridgehead atoms. The lowest BCUT2D eigenvalue weighted by molar-refractivity contribution is -0.137. The Morgan fingerprint density at radius 2 is 2.10 bits per heavy atom. The molecule has 0 saturated carbocycles. The van der Waals surface area contributed by atoms with E-state index >= 15 is 0 Å². The van der Waals surface area contributed by atoms with Crippen LogP contribution in [0.25, 0.3) is 10.2 Å². The lowest BCUT2D eigenvalue weighted by atomic mass is 10.1. The lowest BCUT2D eigenvalue weighted by Gasteiger charge is -2.11. The first-order chi connectivity index (χ1) is 9.40. The standard InChI is InChI=1S/C14H17F3N2S/c1-3-4-5-9(2)18-13-19-11-8-10(14(15,16)17)6-7-12(11)20-13/h6-9H,3-5H2,1-2H3,(H,18,19). The van der Waals surface area contributed by atoms with E-state index in [-0.39, 0.29) is 6.04 Å². The number of rotatable bonds is 5. The Labute approximate surface area is 120 Å². The van der Waals surface area contributed by atoms with Gasteiger partial charge in [-0.05, 0) is 31.5 Å². The topological polar surface area (TPSA) is 24.9 Å². The fourth-order valence-electron chi connectivity index (χ4n) is 1.96. The molecule has 110 valence electrons. The summed E-state index contributed by atoms with van der Waals surface area (Å²) in [6.07, 6.45) is -1.04. The van der Waals surface area contributed by atoms with Gasteiger partial charge in [0, 0.05) is 6.04 Å². The van der Waals surface area contributed by atoms with Crippen molar-refractivity contribution in [2.24, 2.45) is 0 Å². The van der Waals surface area contributed by atoms with Crippen molar-refractivity contribution in [1.82, 2.24) is 4.98 Å². The van der Waals surface area contributed by atoms with Crippen molar-refractivity contribution < 1.29 is 13.2 Å². The normalized spacial score (nSPS) is 13.7. The fourth-order valence-corrected chi connectivity index (χ4v) is 2.92. The molecule has 20 heavy (non-hydrogen) atoms. The number of unbranched alkanes of at least 4 members (excludes halogenated alkanes) is 1. The molecule has 1 atom stereocenters. The maximum absolute atomic E-state index is 12.6. The number of benzene rings is 1. The summed E-state index contributed by atoms with van der Waals surface area (Å²) in [5.41, 5.74) is -0.254. The van der Waals surface area contributed by atoms with E-state index < -0.39 is 11.7 Å². The van der Waals surface area contributed by atoms with Gasteiger partial charge in [-0.2, -0.15) is 13.2 Å². The van der Waals surface area contributed by atoms with Crippen molar-refractivity contribution in [1.29, 1.82) is 0 Å². The summed E-state index contributed by atoms with van der Waals surface area (Å²) in [6, 6.07) is 3.97. The molecule has 1 unspecified atom stereocenters. The van der Waals surface area contributed by atoms with Gasteiger partial charge >= 0.3 is 6.18 Å². The molecule has 6 heteroatoms. The van der Waals surface area contributed by atoms with E-state index in [1.807, 2.05) is 0 Å².